The lowest BCUT2D eigenvalue weighted by Gasteiger charge is -2.59. The SMILES string of the molecule is C[C@]12CCC(O)=CC1CC[C@@H]1[C@@H]2CC[C@]2(C)C(O)=CC[C@@H]12. The Balaban J connectivity index is 1.66. The molecular weight excluding hydrogens is 260 g/mol. The normalized spacial score (nSPS) is 52.3. The minimum absolute atomic E-state index is 0.0526. The summed E-state index contributed by atoms with van der Waals surface area (Å²) in [6.45, 7) is 4.76. The Kier molecular flexibility index (Phi) is 2.81. The van der Waals surface area contributed by atoms with E-state index in [2.05, 4.69) is 26.0 Å². The van der Waals surface area contributed by atoms with Crippen molar-refractivity contribution in [1.82, 2.24) is 0 Å². The lowest BCUT2D eigenvalue weighted by molar-refractivity contribution is -0.0854. The highest BCUT2D eigenvalue weighted by Gasteiger charge is 2.58. The van der Waals surface area contributed by atoms with Crippen LogP contribution in [0, 0.1) is 34.5 Å². The largest absolute Gasteiger partial charge is 0.513 e. The van der Waals surface area contributed by atoms with E-state index in [1.54, 1.807) is 0 Å². The Labute approximate surface area is 127 Å². The number of allylic oxidation sites excluding steroid dienone is 4. The number of fused-ring (bicyclic) bond motifs is 5. The third-order valence-electron chi connectivity index (χ3n) is 7.80. The van der Waals surface area contributed by atoms with Crippen molar-refractivity contribution in [2.75, 3.05) is 0 Å². The van der Waals surface area contributed by atoms with Crippen LogP contribution in [0.1, 0.15) is 58.8 Å². The van der Waals surface area contributed by atoms with Crippen LogP contribution in [0.25, 0.3) is 0 Å². The highest BCUT2D eigenvalue weighted by molar-refractivity contribution is 5.21. The third-order valence-corrected chi connectivity index (χ3v) is 7.80. The summed E-state index contributed by atoms with van der Waals surface area (Å²) < 4.78 is 0. The first-order valence-corrected chi connectivity index (χ1v) is 8.74. The Hall–Kier alpha value is -0.920. The van der Waals surface area contributed by atoms with E-state index in [1.807, 2.05) is 0 Å². The Morgan fingerprint density at radius 1 is 1.05 bits per heavy atom. The smallest absolute Gasteiger partial charge is 0.0944 e. The van der Waals surface area contributed by atoms with Crippen LogP contribution in [0.3, 0.4) is 0 Å². The topological polar surface area (TPSA) is 40.5 Å². The molecular formula is C19H28O2. The van der Waals surface area contributed by atoms with Crippen LogP contribution in [-0.2, 0) is 0 Å². The van der Waals surface area contributed by atoms with E-state index in [4.69, 9.17) is 0 Å². The highest BCUT2D eigenvalue weighted by Crippen LogP contribution is 2.65. The van der Waals surface area contributed by atoms with Gasteiger partial charge >= 0.3 is 0 Å². The van der Waals surface area contributed by atoms with Crippen molar-refractivity contribution in [3.63, 3.8) is 0 Å². The average molecular weight is 288 g/mol. The van der Waals surface area contributed by atoms with Crippen LogP contribution in [0.5, 0.6) is 0 Å². The van der Waals surface area contributed by atoms with Crippen LogP contribution in [0.2, 0.25) is 0 Å². The van der Waals surface area contributed by atoms with E-state index in [0.717, 1.165) is 37.5 Å². The third kappa shape index (κ3) is 1.71. The lowest BCUT2D eigenvalue weighted by Crippen LogP contribution is -2.51. The summed E-state index contributed by atoms with van der Waals surface area (Å²) in [5, 5.41) is 20.2. The molecule has 0 aliphatic heterocycles. The molecule has 4 aliphatic rings. The molecule has 2 heteroatoms. The number of aliphatic hydroxyl groups excluding tert-OH is 2. The zero-order chi connectivity index (χ0) is 14.8. The van der Waals surface area contributed by atoms with Gasteiger partial charge in [-0.25, -0.2) is 0 Å². The fraction of sp³-hybridized carbons (Fsp3) is 0.789. The summed E-state index contributed by atoms with van der Waals surface area (Å²) in [5.74, 6) is 4.04. The van der Waals surface area contributed by atoms with E-state index in [1.165, 1.54) is 19.3 Å². The summed E-state index contributed by atoms with van der Waals surface area (Å²) in [6.07, 6.45) is 12.2. The molecule has 2 saturated carbocycles. The molecule has 0 spiro atoms. The van der Waals surface area contributed by atoms with Crippen molar-refractivity contribution < 1.29 is 10.2 Å². The number of hydrogen-bond acceptors (Lipinski definition) is 2. The Bertz CT molecular complexity index is 520. The second-order valence-electron chi connectivity index (χ2n) is 8.51. The summed E-state index contributed by atoms with van der Waals surface area (Å²) in [4.78, 5) is 0. The van der Waals surface area contributed by atoms with Crippen molar-refractivity contribution in [3.05, 3.63) is 23.7 Å². The van der Waals surface area contributed by atoms with Gasteiger partial charge in [0, 0.05) is 11.8 Å². The standard InChI is InChI=1S/C19H28O2/c1-18-9-7-13(20)11-12(18)3-4-14-15-5-6-17(21)19(15,2)10-8-16(14)18/h6,11-12,14-16,20-21H,3-5,7-10H2,1-2H3/t12?,14-,15-,16-,18-,19-/m0/s1. The van der Waals surface area contributed by atoms with Gasteiger partial charge in [-0.15, -0.1) is 0 Å². The summed E-state index contributed by atoms with van der Waals surface area (Å²) >= 11 is 0. The number of hydrogen-bond donors (Lipinski definition) is 2. The molecule has 6 atom stereocenters. The molecule has 0 radical (unpaired) electrons. The van der Waals surface area contributed by atoms with Crippen molar-refractivity contribution in [3.8, 4) is 0 Å². The molecule has 4 aliphatic carbocycles. The maximum atomic E-state index is 10.3. The first-order chi connectivity index (χ1) is 9.95. The summed E-state index contributed by atoms with van der Waals surface area (Å²) in [7, 11) is 0. The fourth-order valence-electron chi connectivity index (χ4n) is 6.39. The van der Waals surface area contributed by atoms with Gasteiger partial charge in [0.25, 0.3) is 0 Å². The molecule has 0 heterocycles. The van der Waals surface area contributed by atoms with Crippen molar-refractivity contribution in [2.45, 2.75) is 58.8 Å². The van der Waals surface area contributed by atoms with Crippen LogP contribution in [-0.4, -0.2) is 10.2 Å². The molecule has 2 N–H and O–H groups in total. The minimum atomic E-state index is 0.0526. The van der Waals surface area contributed by atoms with E-state index >= 15 is 0 Å². The maximum absolute atomic E-state index is 10.3. The molecule has 2 fully saturated rings. The van der Waals surface area contributed by atoms with Gasteiger partial charge in [0.2, 0.25) is 0 Å². The van der Waals surface area contributed by atoms with Gasteiger partial charge in [-0.1, -0.05) is 13.8 Å². The van der Waals surface area contributed by atoms with Gasteiger partial charge in [-0.05, 0) is 79.8 Å². The Morgan fingerprint density at radius 3 is 2.67 bits per heavy atom. The van der Waals surface area contributed by atoms with Gasteiger partial charge in [-0.2, -0.15) is 0 Å². The predicted octanol–water partition coefficient (Wildman–Crippen LogP) is 5.13. The monoisotopic (exact) mass is 288 g/mol. The molecule has 116 valence electrons. The molecule has 1 unspecified atom stereocenters. The van der Waals surface area contributed by atoms with E-state index < -0.39 is 0 Å². The maximum Gasteiger partial charge on any atom is 0.0944 e. The van der Waals surface area contributed by atoms with E-state index in [-0.39, 0.29) is 5.41 Å². The zero-order valence-corrected chi connectivity index (χ0v) is 13.3. The van der Waals surface area contributed by atoms with Crippen LogP contribution >= 0.6 is 0 Å². The molecule has 0 saturated heterocycles. The molecule has 2 nitrogen and oxygen atoms in total. The molecule has 0 aromatic heterocycles. The van der Waals surface area contributed by atoms with Crippen LogP contribution in [0.15, 0.2) is 23.7 Å². The first kappa shape index (κ1) is 13.7. The van der Waals surface area contributed by atoms with Crippen molar-refractivity contribution >= 4 is 0 Å². The van der Waals surface area contributed by atoms with Gasteiger partial charge in [0.05, 0.1) is 11.5 Å². The van der Waals surface area contributed by atoms with Crippen molar-refractivity contribution in [2.24, 2.45) is 34.5 Å². The molecule has 0 bridgehead atoms. The Morgan fingerprint density at radius 2 is 1.86 bits per heavy atom. The first-order valence-electron chi connectivity index (χ1n) is 8.74. The molecule has 0 aromatic carbocycles. The molecule has 4 rings (SSSR count). The molecule has 0 amide bonds. The summed E-state index contributed by atoms with van der Waals surface area (Å²) in [6, 6.07) is 0. The fourth-order valence-corrected chi connectivity index (χ4v) is 6.39. The average Bonchev–Trinajstić information content (AvgIpc) is 2.76. The quantitative estimate of drug-likeness (QED) is 0.648. The van der Waals surface area contributed by atoms with Gasteiger partial charge in [-0.3, -0.25) is 0 Å². The number of rotatable bonds is 0. The van der Waals surface area contributed by atoms with Gasteiger partial charge in [0.15, 0.2) is 0 Å². The summed E-state index contributed by atoms with van der Waals surface area (Å²) in [5.41, 5.74) is 0.422. The molecule has 0 aromatic rings. The second-order valence-corrected chi connectivity index (χ2v) is 8.51. The van der Waals surface area contributed by atoms with Gasteiger partial charge < -0.3 is 10.2 Å². The highest BCUT2D eigenvalue weighted by atomic mass is 16.3. The van der Waals surface area contributed by atoms with E-state index in [0.29, 0.717) is 28.8 Å². The van der Waals surface area contributed by atoms with Gasteiger partial charge in [0.1, 0.15) is 0 Å². The van der Waals surface area contributed by atoms with Crippen LogP contribution in [0.4, 0.5) is 0 Å². The number of aliphatic hydroxyl groups is 2. The van der Waals surface area contributed by atoms with Crippen molar-refractivity contribution in [1.29, 1.82) is 0 Å². The minimum Gasteiger partial charge on any atom is -0.513 e. The molecule has 21 heavy (non-hydrogen) atoms. The van der Waals surface area contributed by atoms with Crippen LogP contribution < -0.4 is 0 Å². The van der Waals surface area contributed by atoms with E-state index in [9.17, 15) is 10.2 Å². The predicted molar refractivity (Wildman–Crippen MR) is 83.9 cm³/mol. The lowest BCUT2D eigenvalue weighted by atomic mass is 9.46. The second kappa shape index (κ2) is 4.30. The zero-order valence-electron chi connectivity index (χ0n) is 13.3.